The molecular formula is C21H25N3O2. The molecule has 0 bridgehead atoms. The summed E-state index contributed by atoms with van der Waals surface area (Å²) in [6.45, 7) is 7.98. The number of aliphatic hydroxyl groups excluding tert-OH is 1. The Morgan fingerprint density at radius 3 is 2.58 bits per heavy atom. The molecule has 0 fully saturated rings. The van der Waals surface area contributed by atoms with Gasteiger partial charge in [0.2, 0.25) is 5.91 Å². The normalized spacial score (nSPS) is 12.5. The van der Waals surface area contributed by atoms with Crippen molar-refractivity contribution in [3.63, 3.8) is 0 Å². The Balaban J connectivity index is 1.93. The van der Waals surface area contributed by atoms with Gasteiger partial charge in [-0.2, -0.15) is 0 Å². The average molecular weight is 351 g/mol. The lowest BCUT2D eigenvalue weighted by atomic mass is 9.98. The fraction of sp³-hybridized carbons (Fsp3) is 0.333. The number of imidazole rings is 1. The number of rotatable bonds is 5. The number of nitrogens with zero attached hydrogens (tertiary/aromatic N) is 2. The third-order valence-corrected chi connectivity index (χ3v) is 4.55. The van der Waals surface area contributed by atoms with Crippen LogP contribution in [0.4, 0.5) is 5.69 Å². The van der Waals surface area contributed by atoms with Gasteiger partial charge >= 0.3 is 0 Å². The van der Waals surface area contributed by atoms with Crippen molar-refractivity contribution in [3.05, 3.63) is 59.4 Å². The summed E-state index contributed by atoms with van der Waals surface area (Å²) in [5.41, 5.74) is 4.64. The first kappa shape index (κ1) is 18.1. The zero-order valence-electron chi connectivity index (χ0n) is 15.7. The molecule has 5 nitrogen and oxygen atoms in total. The van der Waals surface area contributed by atoms with E-state index in [9.17, 15) is 9.90 Å². The van der Waals surface area contributed by atoms with Crippen LogP contribution in [0.15, 0.2) is 42.5 Å². The lowest BCUT2D eigenvalue weighted by Crippen LogP contribution is -2.22. The van der Waals surface area contributed by atoms with Crippen molar-refractivity contribution in [3.8, 4) is 0 Å². The van der Waals surface area contributed by atoms with Gasteiger partial charge in [0.1, 0.15) is 18.5 Å². The summed E-state index contributed by atoms with van der Waals surface area (Å²) in [5.74, 6) is 0.675. The lowest BCUT2D eigenvalue weighted by Gasteiger charge is -2.17. The molecule has 3 rings (SSSR count). The predicted molar refractivity (Wildman–Crippen MR) is 104 cm³/mol. The van der Waals surface area contributed by atoms with Crippen molar-refractivity contribution in [1.29, 1.82) is 0 Å². The third-order valence-electron chi connectivity index (χ3n) is 4.55. The smallest absolute Gasteiger partial charge is 0.244 e. The molecular weight excluding hydrogens is 326 g/mol. The molecule has 1 atom stereocenters. The molecule has 136 valence electrons. The SMILES string of the molecule is Cc1cccc(C(C)C)c1NC(=O)Cn1c(C(C)O)nc2ccccc21. The first-order valence-corrected chi connectivity index (χ1v) is 8.91. The zero-order chi connectivity index (χ0) is 18.8. The highest BCUT2D eigenvalue weighted by Gasteiger charge is 2.18. The summed E-state index contributed by atoms with van der Waals surface area (Å²) in [6.07, 6.45) is -0.750. The summed E-state index contributed by atoms with van der Waals surface area (Å²) in [7, 11) is 0. The van der Waals surface area contributed by atoms with E-state index in [1.54, 1.807) is 11.5 Å². The second-order valence-corrected chi connectivity index (χ2v) is 6.96. The molecule has 3 aromatic rings. The van der Waals surface area contributed by atoms with Crippen molar-refractivity contribution < 1.29 is 9.90 Å². The Morgan fingerprint density at radius 1 is 1.15 bits per heavy atom. The Hall–Kier alpha value is -2.66. The van der Waals surface area contributed by atoms with E-state index in [2.05, 4.69) is 24.1 Å². The summed E-state index contributed by atoms with van der Waals surface area (Å²) < 4.78 is 1.78. The van der Waals surface area contributed by atoms with Crippen molar-refractivity contribution in [2.75, 3.05) is 5.32 Å². The van der Waals surface area contributed by atoms with Gasteiger partial charge in [-0.3, -0.25) is 4.79 Å². The summed E-state index contributed by atoms with van der Waals surface area (Å²) in [6, 6.07) is 13.6. The zero-order valence-corrected chi connectivity index (χ0v) is 15.7. The maximum atomic E-state index is 12.8. The fourth-order valence-electron chi connectivity index (χ4n) is 3.24. The summed E-state index contributed by atoms with van der Waals surface area (Å²) in [5, 5.41) is 13.1. The maximum absolute atomic E-state index is 12.8. The van der Waals surface area contributed by atoms with Crippen LogP contribution in [0.3, 0.4) is 0 Å². The van der Waals surface area contributed by atoms with E-state index in [4.69, 9.17) is 0 Å². The number of fused-ring (bicyclic) bond motifs is 1. The molecule has 0 aliphatic heterocycles. The number of benzene rings is 2. The number of carbonyl (C=O) groups excluding carboxylic acids is 1. The van der Waals surface area contributed by atoms with Crippen LogP contribution in [0.5, 0.6) is 0 Å². The minimum absolute atomic E-state index is 0.104. The lowest BCUT2D eigenvalue weighted by molar-refractivity contribution is -0.116. The quantitative estimate of drug-likeness (QED) is 0.725. The molecule has 0 saturated heterocycles. The molecule has 2 N–H and O–H groups in total. The number of aliphatic hydroxyl groups is 1. The second-order valence-electron chi connectivity index (χ2n) is 6.96. The number of para-hydroxylation sites is 3. The van der Waals surface area contributed by atoms with E-state index in [0.29, 0.717) is 11.7 Å². The largest absolute Gasteiger partial charge is 0.385 e. The van der Waals surface area contributed by atoms with E-state index >= 15 is 0 Å². The number of aryl methyl sites for hydroxylation is 1. The first-order valence-electron chi connectivity index (χ1n) is 8.91. The molecule has 1 amide bonds. The average Bonchev–Trinajstić information content (AvgIpc) is 2.95. The van der Waals surface area contributed by atoms with Crippen molar-refractivity contribution in [1.82, 2.24) is 9.55 Å². The molecule has 0 spiro atoms. The first-order chi connectivity index (χ1) is 12.4. The van der Waals surface area contributed by atoms with Crippen molar-refractivity contribution >= 4 is 22.6 Å². The standard InChI is InChI=1S/C21H25N3O2/c1-13(2)16-9-7-8-14(3)20(16)23-19(26)12-24-18-11-6-5-10-17(18)22-21(24)15(4)25/h5-11,13,15,25H,12H2,1-4H3,(H,23,26). The Labute approximate surface area is 153 Å². The van der Waals surface area contributed by atoms with Crippen LogP contribution in [0, 0.1) is 6.92 Å². The fourth-order valence-corrected chi connectivity index (χ4v) is 3.24. The van der Waals surface area contributed by atoms with Gasteiger partial charge in [-0.05, 0) is 43.0 Å². The van der Waals surface area contributed by atoms with E-state index in [1.807, 2.05) is 49.4 Å². The van der Waals surface area contributed by atoms with Gasteiger partial charge in [0, 0.05) is 5.69 Å². The van der Waals surface area contributed by atoms with Crippen LogP contribution >= 0.6 is 0 Å². The molecule has 0 aliphatic carbocycles. The number of aromatic nitrogens is 2. The van der Waals surface area contributed by atoms with E-state index in [0.717, 1.165) is 27.8 Å². The van der Waals surface area contributed by atoms with Crippen LogP contribution in [0.1, 0.15) is 49.7 Å². The minimum Gasteiger partial charge on any atom is -0.385 e. The van der Waals surface area contributed by atoms with Crippen molar-refractivity contribution in [2.24, 2.45) is 0 Å². The number of hydrogen-bond donors (Lipinski definition) is 2. The van der Waals surface area contributed by atoms with E-state index in [1.165, 1.54) is 0 Å². The van der Waals surface area contributed by atoms with Gasteiger partial charge in [0.15, 0.2) is 0 Å². The van der Waals surface area contributed by atoms with Gasteiger partial charge in [0.05, 0.1) is 11.0 Å². The molecule has 5 heteroatoms. The topological polar surface area (TPSA) is 67.2 Å². The highest BCUT2D eigenvalue weighted by Crippen LogP contribution is 2.28. The van der Waals surface area contributed by atoms with E-state index < -0.39 is 6.10 Å². The molecule has 0 radical (unpaired) electrons. The van der Waals surface area contributed by atoms with Crippen LogP contribution in [0.2, 0.25) is 0 Å². The number of amides is 1. The Bertz CT molecular complexity index is 942. The Morgan fingerprint density at radius 2 is 1.88 bits per heavy atom. The Kier molecular flexibility index (Phi) is 5.09. The van der Waals surface area contributed by atoms with Gasteiger partial charge in [0.25, 0.3) is 0 Å². The van der Waals surface area contributed by atoms with Gasteiger partial charge in [-0.1, -0.05) is 44.2 Å². The van der Waals surface area contributed by atoms with Gasteiger partial charge in [-0.15, -0.1) is 0 Å². The monoisotopic (exact) mass is 351 g/mol. The van der Waals surface area contributed by atoms with Gasteiger partial charge < -0.3 is 15.0 Å². The highest BCUT2D eigenvalue weighted by molar-refractivity contribution is 5.93. The predicted octanol–water partition coefficient (Wildman–Crippen LogP) is 4.16. The molecule has 1 heterocycles. The number of hydrogen-bond acceptors (Lipinski definition) is 3. The van der Waals surface area contributed by atoms with Crippen LogP contribution < -0.4 is 5.32 Å². The number of anilines is 1. The number of carbonyl (C=O) groups is 1. The molecule has 2 aromatic carbocycles. The van der Waals surface area contributed by atoms with Crippen LogP contribution in [0.25, 0.3) is 11.0 Å². The molecule has 1 unspecified atom stereocenters. The van der Waals surface area contributed by atoms with Crippen molar-refractivity contribution in [2.45, 2.75) is 46.3 Å². The molecule has 1 aromatic heterocycles. The van der Waals surface area contributed by atoms with E-state index in [-0.39, 0.29) is 12.5 Å². The number of nitrogens with one attached hydrogen (secondary N) is 1. The molecule has 0 saturated carbocycles. The minimum atomic E-state index is -0.750. The summed E-state index contributed by atoms with van der Waals surface area (Å²) >= 11 is 0. The highest BCUT2D eigenvalue weighted by atomic mass is 16.3. The molecule has 0 aliphatic rings. The van der Waals surface area contributed by atoms with Gasteiger partial charge in [-0.25, -0.2) is 4.98 Å². The third kappa shape index (κ3) is 3.48. The maximum Gasteiger partial charge on any atom is 0.244 e. The van der Waals surface area contributed by atoms with Crippen LogP contribution in [-0.2, 0) is 11.3 Å². The second kappa shape index (κ2) is 7.30. The van der Waals surface area contributed by atoms with Crippen LogP contribution in [-0.4, -0.2) is 20.6 Å². The molecule has 26 heavy (non-hydrogen) atoms. The summed E-state index contributed by atoms with van der Waals surface area (Å²) in [4.78, 5) is 17.3.